The van der Waals surface area contributed by atoms with Crippen LogP contribution in [-0.2, 0) is 19.2 Å². The Bertz CT molecular complexity index is 1150. The van der Waals surface area contributed by atoms with Crippen LogP contribution in [0.25, 0.3) is 0 Å². The molecule has 5 fully saturated rings. The number of imide groups is 1. The monoisotopic (exact) mass is 578 g/mol. The number of carbonyl (C=O) groups is 4. The maximum absolute atomic E-state index is 13.3. The number of hydrogen-bond acceptors (Lipinski definition) is 7. The number of hydrogen-bond donors (Lipinski definition) is 1. The second-order valence-corrected chi connectivity index (χ2v) is 13.1. The van der Waals surface area contributed by atoms with Crippen molar-refractivity contribution in [2.45, 2.75) is 70.1 Å². The van der Waals surface area contributed by atoms with Crippen LogP contribution in [0.4, 0.5) is 5.82 Å². The van der Waals surface area contributed by atoms with E-state index in [0.29, 0.717) is 30.6 Å². The minimum absolute atomic E-state index is 0.0885. The van der Waals surface area contributed by atoms with E-state index in [0.717, 1.165) is 122 Å². The number of aromatic nitrogens is 1. The zero-order valence-corrected chi connectivity index (χ0v) is 24.8. The van der Waals surface area contributed by atoms with Gasteiger partial charge in [0.15, 0.2) is 0 Å². The maximum atomic E-state index is 13.3. The predicted octanol–water partition coefficient (Wildman–Crippen LogP) is 2.39. The average Bonchev–Trinajstić information content (AvgIpc) is 3.57. The van der Waals surface area contributed by atoms with Crippen molar-refractivity contribution in [1.82, 2.24) is 25.0 Å². The van der Waals surface area contributed by atoms with E-state index >= 15 is 0 Å². The lowest BCUT2D eigenvalue weighted by molar-refractivity contribution is -0.142. The summed E-state index contributed by atoms with van der Waals surface area (Å²) in [4.78, 5) is 63.4. The highest BCUT2D eigenvalue weighted by molar-refractivity contribution is 6.01. The second-order valence-electron chi connectivity index (χ2n) is 13.1. The van der Waals surface area contributed by atoms with E-state index < -0.39 is 0 Å². The van der Waals surface area contributed by atoms with E-state index in [1.54, 1.807) is 6.20 Å². The Morgan fingerprint density at radius 2 is 1.40 bits per heavy atom. The lowest BCUT2D eigenvalue weighted by atomic mass is 9.80. The number of nitrogens with one attached hydrogen (secondary N) is 1. The number of amides is 4. The molecule has 0 aromatic carbocycles. The summed E-state index contributed by atoms with van der Waals surface area (Å²) in [5.41, 5.74) is 0.933. The van der Waals surface area contributed by atoms with Gasteiger partial charge < -0.3 is 14.7 Å². The molecule has 5 aliphatic rings. The van der Waals surface area contributed by atoms with Crippen molar-refractivity contribution in [3.63, 3.8) is 0 Å². The van der Waals surface area contributed by atoms with E-state index in [2.05, 4.69) is 25.0 Å². The van der Waals surface area contributed by atoms with Crippen LogP contribution < -0.4 is 10.2 Å². The summed E-state index contributed by atoms with van der Waals surface area (Å²) in [5, 5.41) is 2.46. The standard InChI is InChI=1S/C32H46N6O4/c39-29-8-7-27(30(40)34-29)26-9-12-33-28(21-26)36-15-10-23(11-16-36)22-35-17-19-38(20-18-35)32(42)25-5-3-24(4-6-25)31(41)37-13-1-2-14-37/h9,12,21,23-25,27H,1-8,10-11,13-20,22H2,(H,34,39,40). The molecule has 1 aliphatic carbocycles. The molecule has 1 saturated carbocycles. The first-order chi connectivity index (χ1) is 20.4. The fourth-order valence-corrected chi connectivity index (χ4v) is 7.74. The van der Waals surface area contributed by atoms with Crippen LogP contribution in [0.1, 0.15) is 75.7 Å². The van der Waals surface area contributed by atoms with Crippen LogP contribution in [-0.4, -0.2) is 102 Å². The lowest BCUT2D eigenvalue weighted by Gasteiger charge is -2.40. The molecule has 4 aliphatic heterocycles. The summed E-state index contributed by atoms with van der Waals surface area (Å²) in [6, 6.07) is 3.91. The summed E-state index contributed by atoms with van der Waals surface area (Å²) in [6.45, 7) is 8.27. The highest BCUT2D eigenvalue weighted by atomic mass is 16.2. The van der Waals surface area contributed by atoms with Crippen LogP contribution in [0.15, 0.2) is 18.3 Å². The van der Waals surface area contributed by atoms with Gasteiger partial charge in [-0.2, -0.15) is 0 Å². The SMILES string of the molecule is O=C1CCC(c2ccnc(N3CCC(CN4CCN(C(=O)C5CCC(C(=O)N6CCCC6)CC5)CC4)CC3)c2)C(=O)N1. The van der Waals surface area contributed by atoms with Gasteiger partial charge in [0, 0.05) is 83.4 Å². The first-order valence-electron chi connectivity index (χ1n) is 16.3. The number of carbonyl (C=O) groups excluding carboxylic acids is 4. The third kappa shape index (κ3) is 6.63. The third-order valence-corrected chi connectivity index (χ3v) is 10.4. The number of nitrogens with zero attached hydrogens (tertiary/aromatic N) is 5. The molecule has 1 atom stereocenters. The fourth-order valence-electron chi connectivity index (χ4n) is 7.74. The molecule has 1 unspecified atom stereocenters. The van der Waals surface area contributed by atoms with Crippen molar-refractivity contribution in [1.29, 1.82) is 0 Å². The summed E-state index contributed by atoms with van der Waals surface area (Å²) in [7, 11) is 0. The Kier molecular flexibility index (Phi) is 9.07. The van der Waals surface area contributed by atoms with Crippen molar-refractivity contribution < 1.29 is 19.2 Å². The minimum Gasteiger partial charge on any atom is -0.357 e. The quantitative estimate of drug-likeness (QED) is 0.517. The van der Waals surface area contributed by atoms with Gasteiger partial charge in [0.05, 0.1) is 5.92 Å². The predicted molar refractivity (Wildman–Crippen MR) is 159 cm³/mol. The number of likely N-dealkylation sites (tertiary alicyclic amines) is 1. The Morgan fingerprint density at radius 3 is 2.02 bits per heavy atom. The summed E-state index contributed by atoms with van der Waals surface area (Å²) in [5.74, 6) is 1.71. The number of rotatable bonds is 6. The maximum Gasteiger partial charge on any atom is 0.234 e. The zero-order chi connectivity index (χ0) is 29.1. The molecule has 1 aromatic rings. The highest BCUT2D eigenvalue weighted by Gasteiger charge is 2.36. The number of pyridine rings is 1. The summed E-state index contributed by atoms with van der Waals surface area (Å²) >= 11 is 0. The van der Waals surface area contributed by atoms with Crippen molar-refractivity contribution >= 4 is 29.4 Å². The van der Waals surface area contributed by atoms with Gasteiger partial charge in [-0.25, -0.2) is 4.98 Å². The average molecular weight is 579 g/mol. The number of piperidine rings is 2. The summed E-state index contributed by atoms with van der Waals surface area (Å²) in [6.07, 6.45) is 10.6. The highest BCUT2D eigenvalue weighted by Crippen LogP contribution is 2.33. The molecule has 4 saturated heterocycles. The van der Waals surface area contributed by atoms with E-state index in [4.69, 9.17) is 0 Å². The first-order valence-corrected chi connectivity index (χ1v) is 16.3. The first kappa shape index (κ1) is 29.1. The van der Waals surface area contributed by atoms with Crippen molar-refractivity contribution in [3.8, 4) is 0 Å². The molecule has 42 heavy (non-hydrogen) atoms. The van der Waals surface area contributed by atoms with Crippen LogP contribution in [0, 0.1) is 17.8 Å². The molecular weight excluding hydrogens is 532 g/mol. The molecule has 4 amide bonds. The Balaban J connectivity index is 0.911. The van der Waals surface area contributed by atoms with Crippen LogP contribution >= 0.6 is 0 Å². The molecule has 6 rings (SSSR count). The lowest BCUT2D eigenvalue weighted by Crippen LogP contribution is -2.52. The van der Waals surface area contributed by atoms with Gasteiger partial charge in [0.2, 0.25) is 23.6 Å². The molecular formula is C32H46N6O4. The molecule has 5 heterocycles. The van der Waals surface area contributed by atoms with Crippen LogP contribution in [0.2, 0.25) is 0 Å². The summed E-state index contributed by atoms with van der Waals surface area (Å²) < 4.78 is 0. The fraction of sp³-hybridized carbons (Fsp3) is 0.719. The van der Waals surface area contributed by atoms with E-state index in [9.17, 15) is 19.2 Å². The Labute approximate surface area is 249 Å². The third-order valence-electron chi connectivity index (χ3n) is 10.4. The number of piperazine rings is 1. The molecule has 10 heteroatoms. The molecule has 1 aromatic heterocycles. The largest absolute Gasteiger partial charge is 0.357 e. The molecule has 1 N–H and O–H groups in total. The number of anilines is 1. The normalized spacial score (nSPS) is 28.2. The van der Waals surface area contributed by atoms with Gasteiger partial charge in [-0.15, -0.1) is 0 Å². The Morgan fingerprint density at radius 1 is 0.786 bits per heavy atom. The van der Waals surface area contributed by atoms with Gasteiger partial charge in [0.25, 0.3) is 0 Å². The molecule has 0 radical (unpaired) electrons. The van der Waals surface area contributed by atoms with Crippen LogP contribution in [0.5, 0.6) is 0 Å². The molecule has 10 nitrogen and oxygen atoms in total. The molecule has 228 valence electrons. The Hall–Kier alpha value is -3.01. The molecule has 0 spiro atoms. The zero-order valence-electron chi connectivity index (χ0n) is 24.8. The van der Waals surface area contributed by atoms with Gasteiger partial charge in [-0.1, -0.05) is 0 Å². The van der Waals surface area contributed by atoms with Crippen molar-refractivity contribution in [3.05, 3.63) is 23.9 Å². The molecule has 0 bridgehead atoms. The van der Waals surface area contributed by atoms with E-state index in [1.165, 1.54) is 0 Å². The topological polar surface area (TPSA) is 106 Å². The van der Waals surface area contributed by atoms with Gasteiger partial charge >= 0.3 is 0 Å². The van der Waals surface area contributed by atoms with Gasteiger partial charge in [0.1, 0.15) is 5.82 Å². The smallest absolute Gasteiger partial charge is 0.234 e. The van der Waals surface area contributed by atoms with Gasteiger partial charge in [-0.05, 0) is 81.4 Å². The van der Waals surface area contributed by atoms with Gasteiger partial charge in [-0.3, -0.25) is 29.4 Å². The second kappa shape index (κ2) is 13.1. The minimum atomic E-state index is -0.286. The van der Waals surface area contributed by atoms with Crippen LogP contribution in [0.3, 0.4) is 0 Å². The van der Waals surface area contributed by atoms with Crippen molar-refractivity contribution in [2.24, 2.45) is 17.8 Å². The van der Waals surface area contributed by atoms with Crippen molar-refractivity contribution in [2.75, 3.05) is 63.8 Å². The van der Waals surface area contributed by atoms with E-state index in [1.807, 2.05) is 17.0 Å². The van der Waals surface area contributed by atoms with E-state index in [-0.39, 0.29) is 29.6 Å².